The van der Waals surface area contributed by atoms with Crippen molar-refractivity contribution in [3.63, 3.8) is 0 Å². The Hall–Kier alpha value is -3.30. The minimum absolute atomic E-state index is 0.00365. The second kappa shape index (κ2) is 9.05. The van der Waals surface area contributed by atoms with E-state index in [0.717, 1.165) is 27.2 Å². The van der Waals surface area contributed by atoms with E-state index < -0.39 is 0 Å². The van der Waals surface area contributed by atoms with Crippen molar-refractivity contribution in [1.82, 2.24) is 9.47 Å². The molecule has 5 nitrogen and oxygen atoms in total. The fourth-order valence-electron chi connectivity index (χ4n) is 3.87. The summed E-state index contributed by atoms with van der Waals surface area (Å²) in [6.45, 7) is 8.65. The number of carbonyl (C=O) groups is 1. The summed E-state index contributed by atoms with van der Waals surface area (Å²) in [7, 11) is 0. The molecule has 1 aliphatic heterocycles. The average Bonchev–Trinajstić information content (AvgIpc) is 3.25. The Morgan fingerprint density at radius 3 is 2.53 bits per heavy atom. The van der Waals surface area contributed by atoms with Crippen LogP contribution in [0.15, 0.2) is 64.6 Å². The quantitative estimate of drug-likeness (QED) is 0.480. The predicted octanol–water partition coefficient (Wildman–Crippen LogP) is 5.65. The number of carbonyl (C=O) groups excluding carboxylic acids is 1. The highest BCUT2D eigenvalue weighted by molar-refractivity contribution is 8.18. The van der Waals surface area contributed by atoms with Crippen molar-refractivity contribution in [2.45, 2.75) is 46.3 Å². The number of thioether (sulfide) groups is 1. The standard InChI is InChI=1S/C26H26N4OS/c1-17(2)28-26-30(18(3)4)25(31)24(32-26)13-21-16-29(23-12-8-7-11-22(21)23)15-20-10-6-5-9-19(20)14-27/h5-13,16-18H,15H2,1-4H3/b24-13+,28-26?. The molecule has 0 unspecified atom stereocenters. The molecule has 6 heteroatoms. The Morgan fingerprint density at radius 1 is 1.09 bits per heavy atom. The van der Waals surface area contributed by atoms with Crippen LogP contribution in [0.1, 0.15) is 44.4 Å². The van der Waals surface area contributed by atoms with Gasteiger partial charge in [0.05, 0.1) is 16.5 Å². The monoisotopic (exact) mass is 442 g/mol. The molecule has 0 bridgehead atoms. The van der Waals surface area contributed by atoms with Crippen LogP contribution >= 0.6 is 11.8 Å². The Morgan fingerprint density at radius 2 is 1.81 bits per heavy atom. The van der Waals surface area contributed by atoms with E-state index in [1.165, 1.54) is 11.8 Å². The average molecular weight is 443 g/mol. The second-order valence-electron chi connectivity index (χ2n) is 8.38. The third-order valence-corrected chi connectivity index (χ3v) is 6.30. The number of rotatable bonds is 5. The van der Waals surface area contributed by atoms with Crippen molar-refractivity contribution < 1.29 is 4.79 Å². The minimum Gasteiger partial charge on any atom is -0.342 e. The molecular weight excluding hydrogens is 416 g/mol. The van der Waals surface area contributed by atoms with Gasteiger partial charge >= 0.3 is 0 Å². The molecule has 0 N–H and O–H groups in total. The van der Waals surface area contributed by atoms with Gasteiger partial charge in [-0.25, -0.2) is 0 Å². The lowest BCUT2D eigenvalue weighted by Crippen LogP contribution is -2.35. The third kappa shape index (κ3) is 4.21. The molecule has 1 saturated heterocycles. The number of amides is 1. The van der Waals surface area contributed by atoms with Crippen LogP contribution in [0, 0.1) is 11.3 Å². The fraction of sp³-hybridized carbons (Fsp3) is 0.269. The Bertz CT molecular complexity index is 1280. The molecule has 0 aliphatic carbocycles. The van der Waals surface area contributed by atoms with Gasteiger partial charge in [0.2, 0.25) is 0 Å². The highest BCUT2D eigenvalue weighted by Crippen LogP contribution is 2.36. The van der Waals surface area contributed by atoms with E-state index in [1.807, 2.05) is 70.2 Å². The van der Waals surface area contributed by atoms with Gasteiger partial charge in [0.1, 0.15) is 0 Å². The van der Waals surface area contributed by atoms with E-state index in [9.17, 15) is 10.1 Å². The van der Waals surface area contributed by atoms with Crippen LogP contribution in [0.3, 0.4) is 0 Å². The topological polar surface area (TPSA) is 61.4 Å². The van der Waals surface area contributed by atoms with E-state index in [-0.39, 0.29) is 18.0 Å². The van der Waals surface area contributed by atoms with Gasteiger partial charge < -0.3 is 4.57 Å². The Labute approximate surface area is 193 Å². The first-order chi connectivity index (χ1) is 15.4. The highest BCUT2D eigenvalue weighted by atomic mass is 32.2. The first-order valence-electron chi connectivity index (χ1n) is 10.8. The molecule has 2 heterocycles. The van der Waals surface area contributed by atoms with E-state index in [0.29, 0.717) is 17.0 Å². The van der Waals surface area contributed by atoms with Gasteiger partial charge in [-0.1, -0.05) is 36.4 Å². The van der Waals surface area contributed by atoms with Gasteiger partial charge in [0.25, 0.3) is 5.91 Å². The number of aromatic nitrogens is 1. The van der Waals surface area contributed by atoms with Crippen molar-refractivity contribution in [1.29, 1.82) is 5.26 Å². The lowest BCUT2D eigenvalue weighted by molar-refractivity contribution is -0.123. The summed E-state index contributed by atoms with van der Waals surface area (Å²) >= 11 is 1.44. The lowest BCUT2D eigenvalue weighted by Gasteiger charge is -2.20. The molecule has 1 aliphatic rings. The summed E-state index contributed by atoms with van der Waals surface area (Å²) < 4.78 is 2.14. The molecule has 0 atom stereocenters. The number of amidine groups is 1. The van der Waals surface area contributed by atoms with E-state index in [1.54, 1.807) is 4.90 Å². The van der Waals surface area contributed by atoms with Crippen LogP contribution in [0.5, 0.6) is 0 Å². The van der Waals surface area contributed by atoms with Crippen LogP contribution in [0.2, 0.25) is 0 Å². The molecule has 162 valence electrons. The molecule has 4 rings (SSSR count). The van der Waals surface area contributed by atoms with Crippen LogP contribution in [0.25, 0.3) is 17.0 Å². The van der Waals surface area contributed by atoms with E-state index in [4.69, 9.17) is 0 Å². The number of para-hydroxylation sites is 1. The zero-order valence-corrected chi connectivity index (χ0v) is 19.6. The number of aliphatic imine (C=N–C) groups is 1. The molecule has 2 aromatic carbocycles. The van der Waals surface area contributed by atoms with Gasteiger partial charge in [0, 0.05) is 41.3 Å². The fourth-order valence-corrected chi connectivity index (χ4v) is 5.09. The number of nitrogens with zero attached hydrogens (tertiary/aromatic N) is 4. The summed E-state index contributed by atoms with van der Waals surface area (Å²) in [4.78, 5) is 20.3. The molecular formula is C26H26N4OS. The summed E-state index contributed by atoms with van der Waals surface area (Å²) in [5, 5.41) is 11.3. The normalized spacial score (nSPS) is 16.8. The summed E-state index contributed by atoms with van der Waals surface area (Å²) in [6.07, 6.45) is 4.04. The zero-order chi connectivity index (χ0) is 22.8. The second-order valence-corrected chi connectivity index (χ2v) is 9.39. The highest BCUT2D eigenvalue weighted by Gasteiger charge is 2.35. The van der Waals surface area contributed by atoms with Crippen LogP contribution in [-0.2, 0) is 11.3 Å². The number of benzene rings is 2. The van der Waals surface area contributed by atoms with Gasteiger partial charge in [-0.05, 0) is 63.2 Å². The molecule has 0 saturated carbocycles. The van der Waals surface area contributed by atoms with Crippen LogP contribution in [0.4, 0.5) is 0 Å². The summed E-state index contributed by atoms with van der Waals surface area (Å²) in [5.41, 5.74) is 3.70. The summed E-state index contributed by atoms with van der Waals surface area (Å²) in [6, 6.07) is 18.3. The van der Waals surface area contributed by atoms with Crippen LogP contribution < -0.4 is 0 Å². The van der Waals surface area contributed by atoms with E-state index in [2.05, 4.69) is 34.0 Å². The Kier molecular flexibility index (Phi) is 6.20. The molecule has 1 fully saturated rings. The molecule has 1 aromatic heterocycles. The first kappa shape index (κ1) is 21.9. The third-order valence-electron chi connectivity index (χ3n) is 5.31. The van der Waals surface area contributed by atoms with E-state index >= 15 is 0 Å². The number of hydrogen-bond acceptors (Lipinski definition) is 4. The van der Waals surface area contributed by atoms with Gasteiger partial charge in [-0.3, -0.25) is 14.7 Å². The summed E-state index contributed by atoms with van der Waals surface area (Å²) in [5.74, 6) is -0.00365. The maximum atomic E-state index is 13.2. The largest absolute Gasteiger partial charge is 0.342 e. The molecule has 0 spiro atoms. The molecule has 0 radical (unpaired) electrons. The van der Waals surface area contributed by atoms with Crippen LogP contribution in [-0.4, -0.2) is 32.6 Å². The zero-order valence-electron chi connectivity index (χ0n) is 18.7. The number of nitriles is 1. The first-order valence-corrected chi connectivity index (χ1v) is 11.6. The van der Waals surface area contributed by atoms with Gasteiger partial charge in [0.15, 0.2) is 5.17 Å². The van der Waals surface area contributed by atoms with Crippen molar-refractivity contribution in [3.8, 4) is 6.07 Å². The molecule has 3 aromatic rings. The van der Waals surface area contributed by atoms with Gasteiger partial charge in [-0.15, -0.1) is 0 Å². The van der Waals surface area contributed by atoms with Crippen molar-refractivity contribution >= 4 is 39.8 Å². The van der Waals surface area contributed by atoms with Gasteiger partial charge in [-0.2, -0.15) is 5.26 Å². The maximum Gasteiger partial charge on any atom is 0.266 e. The predicted molar refractivity (Wildman–Crippen MR) is 132 cm³/mol. The minimum atomic E-state index is -0.00365. The molecule has 32 heavy (non-hydrogen) atoms. The van der Waals surface area contributed by atoms with Crippen molar-refractivity contribution in [2.75, 3.05) is 0 Å². The SMILES string of the molecule is CC(C)N=C1S/C(=C/c2cn(Cc3ccccc3C#N)c3ccccc23)C(=O)N1C(C)C. The Balaban J connectivity index is 1.77. The smallest absolute Gasteiger partial charge is 0.266 e. The van der Waals surface area contributed by atoms with Crippen molar-refractivity contribution in [2.24, 2.45) is 4.99 Å². The lowest BCUT2D eigenvalue weighted by atomic mass is 10.1. The number of fused-ring (bicyclic) bond motifs is 1. The van der Waals surface area contributed by atoms with Crippen molar-refractivity contribution in [3.05, 3.63) is 76.3 Å². The number of hydrogen-bond donors (Lipinski definition) is 0. The maximum absolute atomic E-state index is 13.2. The molecule has 1 amide bonds.